The first-order chi connectivity index (χ1) is 10.7. The number of benzene rings is 2. The fourth-order valence-corrected chi connectivity index (χ4v) is 2.24. The van der Waals surface area contributed by atoms with Gasteiger partial charge in [0.2, 0.25) is 5.91 Å². The zero-order valence-corrected chi connectivity index (χ0v) is 13.1. The highest BCUT2D eigenvalue weighted by Gasteiger charge is 2.12. The molecule has 0 saturated heterocycles. The van der Waals surface area contributed by atoms with Gasteiger partial charge >= 0.3 is 0 Å². The lowest BCUT2D eigenvalue weighted by Crippen LogP contribution is -2.33. The van der Waals surface area contributed by atoms with E-state index in [4.69, 9.17) is 4.74 Å². The number of carbonyl (C=O) groups excluding carboxylic acids is 1. The van der Waals surface area contributed by atoms with Crippen molar-refractivity contribution in [1.82, 2.24) is 0 Å². The van der Waals surface area contributed by atoms with Crippen LogP contribution in [0.4, 0.5) is 11.4 Å². The molecule has 0 aliphatic heterocycles. The van der Waals surface area contributed by atoms with Gasteiger partial charge in [0.15, 0.2) is 0 Å². The van der Waals surface area contributed by atoms with Crippen molar-refractivity contribution in [3.05, 3.63) is 54.6 Å². The minimum absolute atomic E-state index is 0.0575. The largest absolute Gasteiger partial charge is 0.492 e. The molecule has 0 saturated carbocycles. The Bertz CT molecular complexity index is 599. The molecule has 2 aromatic carbocycles. The van der Waals surface area contributed by atoms with E-state index >= 15 is 0 Å². The quantitative estimate of drug-likeness (QED) is 0.850. The second-order valence-electron chi connectivity index (χ2n) is 4.83. The van der Waals surface area contributed by atoms with Crippen molar-refractivity contribution in [3.63, 3.8) is 0 Å². The molecule has 0 spiro atoms. The molecular weight excluding hydrogens is 276 g/mol. The Kier molecular flexibility index (Phi) is 5.83. The molecular formula is C18H22N2O2. The molecule has 2 aromatic rings. The first kappa shape index (κ1) is 15.9. The maximum atomic E-state index is 12.3. The fourth-order valence-electron chi connectivity index (χ4n) is 2.24. The number of ether oxygens (including phenoxy) is 1. The Balaban J connectivity index is 2.03. The Morgan fingerprint density at radius 3 is 2.41 bits per heavy atom. The number of nitrogens with zero attached hydrogens (tertiary/aromatic N) is 1. The molecule has 0 aliphatic carbocycles. The van der Waals surface area contributed by atoms with Crippen LogP contribution in [-0.4, -0.2) is 25.6 Å². The number of anilines is 2. The Morgan fingerprint density at radius 1 is 1.05 bits per heavy atom. The van der Waals surface area contributed by atoms with Crippen molar-refractivity contribution in [2.24, 2.45) is 0 Å². The summed E-state index contributed by atoms with van der Waals surface area (Å²) in [6.45, 7) is 5.60. The number of amides is 1. The van der Waals surface area contributed by atoms with Crippen molar-refractivity contribution in [1.29, 1.82) is 0 Å². The normalized spacial score (nSPS) is 10.1. The van der Waals surface area contributed by atoms with E-state index in [0.717, 1.165) is 12.2 Å². The van der Waals surface area contributed by atoms with Gasteiger partial charge in [-0.15, -0.1) is 0 Å². The minimum atomic E-state index is -0.0575. The molecule has 0 unspecified atom stereocenters. The fraction of sp³-hybridized carbons (Fsp3) is 0.278. The maximum absolute atomic E-state index is 12.3. The number of rotatable bonds is 7. The third kappa shape index (κ3) is 4.25. The van der Waals surface area contributed by atoms with Crippen LogP contribution in [0.15, 0.2) is 54.6 Å². The molecule has 4 nitrogen and oxygen atoms in total. The van der Waals surface area contributed by atoms with Gasteiger partial charge in [0.05, 0.1) is 18.8 Å². The predicted octanol–water partition coefficient (Wildman–Crippen LogP) is 3.55. The van der Waals surface area contributed by atoms with Crippen molar-refractivity contribution in [2.45, 2.75) is 13.8 Å². The van der Waals surface area contributed by atoms with Crippen molar-refractivity contribution < 1.29 is 9.53 Å². The van der Waals surface area contributed by atoms with Crippen LogP contribution < -0.4 is 15.0 Å². The van der Waals surface area contributed by atoms with Gasteiger partial charge in [-0.3, -0.25) is 4.79 Å². The van der Waals surface area contributed by atoms with Crippen molar-refractivity contribution >= 4 is 17.3 Å². The molecule has 116 valence electrons. The summed E-state index contributed by atoms with van der Waals surface area (Å²) in [7, 11) is 0. The smallest absolute Gasteiger partial charge is 0.243 e. The third-order valence-electron chi connectivity index (χ3n) is 3.30. The summed E-state index contributed by atoms with van der Waals surface area (Å²) in [5.41, 5.74) is 1.75. The van der Waals surface area contributed by atoms with Crippen molar-refractivity contribution in [3.8, 4) is 5.75 Å². The zero-order valence-electron chi connectivity index (χ0n) is 13.1. The lowest BCUT2D eigenvalue weighted by Gasteiger charge is -2.22. The average molecular weight is 298 g/mol. The summed E-state index contributed by atoms with van der Waals surface area (Å²) in [6, 6.07) is 17.4. The van der Waals surface area contributed by atoms with Gasteiger partial charge in [-0.05, 0) is 38.1 Å². The second-order valence-corrected chi connectivity index (χ2v) is 4.83. The van der Waals surface area contributed by atoms with E-state index in [9.17, 15) is 4.79 Å². The zero-order chi connectivity index (χ0) is 15.8. The van der Waals surface area contributed by atoms with E-state index in [2.05, 4.69) is 5.32 Å². The van der Waals surface area contributed by atoms with Crippen LogP contribution in [0.25, 0.3) is 0 Å². The molecule has 0 aliphatic rings. The van der Waals surface area contributed by atoms with Gasteiger partial charge < -0.3 is 15.0 Å². The third-order valence-corrected chi connectivity index (χ3v) is 3.30. The molecule has 0 atom stereocenters. The van der Waals surface area contributed by atoms with Crippen LogP contribution in [0.1, 0.15) is 13.8 Å². The molecule has 0 fully saturated rings. The summed E-state index contributed by atoms with van der Waals surface area (Å²) in [4.78, 5) is 14.3. The summed E-state index contributed by atoms with van der Waals surface area (Å²) in [5, 5.41) is 2.92. The van der Waals surface area contributed by atoms with Gasteiger partial charge in [0.25, 0.3) is 0 Å². The molecule has 1 N–H and O–H groups in total. The monoisotopic (exact) mass is 298 g/mol. The lowest BCUT2D eigenvalue weighted by atomic mass is 10.2. The Labute approximate surface area is 131 Å². The molecule has 2 rings (SSSR count). The van der Waals surface area contributed by atoms with Crippen LogP contribution in [0, 0.1) is 0 Å². The highest BCUT2D eigenvalue weighted by molar-refractivity contribution is 5.95. The summed E-state index contributed by atoms with van der Waals surface area (Å²) >= 11 is 0. The van der Waals surface area contributed by atoms with E-state index in [0.29, 0.717) is 24.6 Å². The van der Waals surface area contributed by atoms with Gasteiger partial charge in [0, 0.05) is 12.2 Å². The SMILES string of the molecule is CCOc1ccccc1NC(=O)CN(CC)c1ccccc1. The predicted molar refractivity (Wildman–Crippen MR) is 90.6 cm³/mol. The highest BCUT2D eigenvalue weighted by atomic mass is 16.5. The van der Waals surface area contributed by atoms with E-state index in [1.54, 1.807) is 0 Å². The first-order valence-electron chi connectivity index (χ1n) is 7.56. The van der Waals surface area contributed by atoms with Crippen molar-refractivity contribution in [2.75, 3.05) is 29.9 Å². The van der Waals surface area contributed by atoms with Crippen LogP contribution >= 0.6 is 0 Å². The first-order valence-corrected chi connectivity index (χ1v) is 7.56. The second kappa shape index (κ2) is 8.08. The maximum Gasteiger partial charge on any atom is 0.243 e. The lowest BCUT2D eigenvalue weighted by molar-refractivity contribution is -0.115. The van der Waals surface area contributed by atoms with Crippen LogP contribution in [0.5, 0.6) is 5.75 Å². The number of nitrogens with one attached hydrogen (secondary N) is 1. The van der Waals surface area contributed by atoms with Gasteiger partial charge in [-0.1, -0.05) is 30.3 Å². The van der Waals surface area contributed by atoms with E-state index < -0.39 is 0 Å². The van der Waals surface area contributed by atoms with Crippen LogP contribution in [0.2, 0.25) is 0 Å². The highest BCUT2D eigenvalue weighted by Crippen LogP contribution is 2.23. The van der Waals surface area contributed by atoms with Gasteiger partial charge in [0.1, 0.15) is 5.75 Å². The average Bonchev–Trinajstić information content (AvgIpc) is 2.55. The van der Waals surface area contributed by atoms with E-state index in [1.165, 1.54) is 0 Å². The Hall–Kier alpha value is -2.49. The van der Waals surface area contributed by atoms with Crippen LogP contribution in [-0.2, 0) is 4.79 Å². The topological polar surface area (TPSA) is 41.6 Å². The molecule has 0 radical (unpaired) electrons. The number of hydrogen-bond donors (Lipinski definition) is 1. The summed E-state index contributed by atoms with van der Waals surface area (Å²) in [6.07, 6.45) is 0. The summed E-state index contributed by atoms with van der Waals surface area (Å²) < 4.78 is 5.53. The van der Waals surface area contributed by atoms with E-state index in [1.807, 2.05) is 73.3 Å². The molecule has 22 heavy (non-hydrogen) atoms. The molecule has 0 aromatic heterocycles. The molecule has 0 bridgehead atoms. The number of hydrogen-bond acceptors (Lipinski definition) is 3. The van der Waals surface area contributed by atoms with Crippen LogP contribution in [0.3, 0.4) is 0 Å². The van der Waals surface area contributed by atoms with Gasteiger partial charge in [-0.25, -0.2) is 0 Å². The standard InChI is InChI=1S/C18H22N2O2/c1-3-20(15-10-6-5-7-11-15)14-18(21)19-16-12-8-9-13-17(16)22-4-2/h5-13H,3-4,14H2,1-2H3,(H,19,21). The minimum Gasteiger partial charge on any atom is -0.492 e. The number of likely N-dealkylation sites (N-methyl/N-ethyl adjacent to an activating group) is 1. The molecule has 1 amide bonds. The number of carbonyl (C=O) groups is 1. The van der Waals surface area contributed by atoms with E-state index in [-0.39, 0.29) is 5.91 Å². The molecule has 4 heteroatoms. The Morgan fingerprint density at radius 2 is 1.73 bits per heavy atom. The summed E-state index contributed by atoms with van der Waals surface area (Å²) in [5.74, 6) is 0.638. The number of para-hydroxylation sites is 3. The van der Waals surface area contributed by atoms with Gasteiger partial charge in [-0.2, -0.15) is 0 Å². The molecule has 0 heterocycles.